The Morgan fingerprint density at radius 1 is 1.33 bits per heavy atom. The van der Waals surface area contributed by atoms with Crippen LogP contribution in [0.2, 0.25) is 0 Å². The number of nitrogens with one attached hydrogen (secondary N) is 1. The lowest BCUT2D eigenvalue weighted by Gasteiger charge is -1.93. The molecular weight excluding hydrogens is 310 g/mol. The smallest absolute Gasteiger partial charge is 0.297 e. The monoisotopic (exact) mass is 319 g/mol. The molecule has 0 aromatic carbocycles. The van der Waals surface area contributed by atoms with E-state index in [2.05, 4.69) is 31.5 Å². The standard InChI is InChI=1S/C12H9N5O2S2/c13-11-10(16-19-17-11)12(18)15-14-6-7-3-4-9(21-7)8-2-1-5-20-8/h1-6H,(H2,13,17)(H,15,18). The molecule has 0 aliphatic carbocycles. The van der Waals surface area contributed by atoms with Gasteiger partial charge in [0.25, 0.3) is 5.91 Å². The zero-order valence-electron chi connectivity index (χ0n) is 10.5. The molecule has 0 aliphatic heterocycles. The average Bonchev–Trinajstić information content (AvgIpc) is 3.19. The van der Waals surface area contributed by atoms with E-state index in [0.29, 0.717) is 0 Å². The molecule has 0 saturated heterocycles. The van der Waals surface area contributed by atoms with Gasteiger partial charge in [-0.15, -0.1) is 22.7 Å². The third-order valence-electron chi connectivity index (χ3n) is 2.48. The number of carbonyl (C=O) groups excluding carboxylic acids is 1. The van der Waals surface area contributed by atoms with Crippen molar-refractivity contribution < 1.29 is 9.42 Å². The normalized spacial score (nSPS) is 11.0. The van der Waals surface area contributed by atoms with Gasteiger partial charge < -0.3 is 5.73 Å². The van der Waals surface area contributed by atoms with Crippen molar-refractivity contribution in [3.63, 3.8) is 0 Å². The van der Waals surface area contributed by atoms with E-state index >= 15 is 0 Å². The lowest BCUT2D eigenvalue weighted by molar-refractivity contribution is 0.0946. The van der Waals surface area contributed by atoms with E-state index in [4.69, 9.17) is 5.73 Å². The second-order valence-corrected chi connectivity index (χ2v) is 5.94. The summed E-state index contributed by atoms with van der Waals surface area (Å²) in [6.45, 7) is 0. The Morgan fingerprint density at radius 3 is 2.95 bits per heavy atom. The maximum atomic E-state index is 11.6. The number of hydrazone groups is 1. The first-order chi connectivity index (χ1) is 10.2. The number of thiophene rings is 2. The largest absolute Gasteiger partial charge is 0.379 e. The molecule has 3 aromatic rings. The van der Waals surface area contributed by atoms with Gasteiger partial charge in [-0.05, 0) is 33.9 Å². The minimum Gasteiger partial charge on any atom is -0.379 e. The van der Waals surface area contributed by atoms with Gasteiger partial charge in [-0.1, -0.05) is 6.07 Å². The maximum Gasteiger partial charge on any atom is 0.297 e. The number of amides is 1. The molecule has 0 saturated carbocycles. The molecule has 106 valence electrons. The highest BCUT2D eigenvalue weighted by Gasteiger charge is 2.14. The Morgan fingerprint density at radius 2 is 2.24 bits per heavy atom. The van der Waals surface area contributed by atoms with E-state index in [9.17, 15) is 4.79 Å². The summed E-state index contributed by atoms with van der Waals surface area (Å²) in [5.74, 6) is -0.640. The minimum absolute atomic E-state index is 0.0706. The molecule has 0 bridgehead atoms. The maximum absolute atomic E-state index is 11.6. The molecule has 3 aromatic heterocycles. The van der Waals surface area contributed by atoms with Crippen LogP contribution >= 0.6 is 22.7 Å². The highest BCUT2D eigenvalue weighted by atomic mass is 32.1. The SMILES string of the molecule is Nc1nonc1C(=O)NN=Cc1ccc(-c2cccs2)s1. The number of nitrogen functional groups attached to an aromatic ring is 1. The number of hydrogen-bond acceptors (Lipinski definition) is 8. The zero-order valence-corrected chi connectivity index (χ0v) is 12.1. The highest BCUT2D eigenvalue weighted by molar-refractivity contribution is 7.22. The molecule has 0 aliphatic rings. The van der Waals surface area contributed by atoms with Crippen LogP contribution in [0.1, 0.15) is 15.4 Å². The Labute approximate surface area is 127 Å². The molecule has 0 atom stereocenters. The van der Waals surface area contributed by atoms with Crippen molar-refractivity contribution >= 4 is 40.6 Å². The molecule has 0 unspecified atom stereocenters. The van der Waals surface area contributed by atoms with Crippen LogP contribution in [0.4, 0.5) is 5.82 Å². The fourth-order valence-electron chi connectivity index (χ4n) is 1.53. The second-order valence-electron chi connectivity index (χ2n) is 3.88. The van der Waals surface area contributed by atoms with Crippen molar-refractivity contribution in [1.29, 1.82) is 0 Å². The number of hydrogen-bond donors (Lipinski definition) is 2. The summed E-state index contributed by atoms with van der Waals surface area (Å²) in [5, 5.41) is 12.6. The molecule has 0 fully saturated rings. The molecule has 1 amide bonds. The zero-order chi connectivity index (χ0) is 14.7. The number of anilines is 1. The van der Waals surface area contributed by atoms with Crippen LogP contribution in [0.3, 0.4) is 0 Å². The van der Waals surface area contributed by atoms with Crippen molar-refractivity contribution in [3.05, 3.63) is 40.2 Å². The molecule has 3 N–H and O–H groups in total. The number of nitrogens with two attached hydrogens (primary N) is 1. The summed E-state index contributed by atoms with van der Waals surface area (Å²) in [6, 6.07) is 8.00. The van der Waals surface area contributed by atoms with Crippen LogP contribution in [0.25, 0.3) is 9.75 Å². The van der Waals surface area contributed by atoms with Crippen LogP contribution in [-0.2, 0) is 0 Å². The van der Waals surface area contributed by atoms with Gasteiger partial charge in [-0.2, -0.15) is 5.10 Å². The van der Waals surface area contributed by atoms with Gasteiger partial charge in [-0.25, -0.2) is 10.1 Å². The Bertz CT molecular complexity index is 775. The van der Waals surface area contributed by atoms with E-state index in [-0.39, 0.29) is 11.5 Å². The summed E-state index contributed by atoms with van der Waals surface area (Å²) in [4.78, 5) is 14.9. The number of aromatic nitrogens is 2. The van der Waals surface area contributed by atoms with Crippen LogP contribution in [0.5, 0.6) is 0 Å². The van der Waals surface area contributed by atoms with E-state index < -0.39 is 5.91 Å². The van der Waals surface area contributed by atoms with Gasteiger partial charge in [-0.3, -0.25) is 4.79 Å². The molecule has 0 spiro atoms. The van der Waals surface area contributed by atoms with Crippen LogP contribution in [0, 0.1) is 0 Å². The van der Waals surface area contributed by atoms with Crippen LogP contribution < -0.4 is 11.2 Å². The number of nitrogens with zero attached hydrogens (tertiary/aromatic N) is 3. The summed E-state index contributed by atoms with van der Waals surface area (Å²) in [6.07, 6.45) is 1.56. The summed E-state index contributed by atoms with van der Waals surface area (Å²) >= 11 is 3.26. The van der Waals surface area contributed by atoms with Crippen molar-refractivity contribution in [2.75, 3.05) is 5.73 Å². The Balaban J connectivity index is 1.64. The van der Waals surface area contributed by atoms with Gasteiger partial charge in [0.1, 0.15) is 0 Å². The molecule has 7 nitrogen and oxygen atoms in total. The second kappa shape index (κ2) is 5.85. The number of rotatable bonds is 4. The van der Waals surface area contributed by atoms with E-state index in [0.717, 1.165) is 9.75 Å². The molecule has 3 heterocycles. The van der Waals surface area contributed by atoms with Crippen molar-refractivity contribution in [3.8, 4) is 9.75 Å². The van der Waals surface area contributed by atoms with Gasteiger partial charge in [0.2, 0.25) is 11.5 Å². The lowest BCUT2D eigenvalue weighted by Crippen LogP contribution is -2.19. The third kappa shape index (κ3) is 2.98. The Kier molecular flexibility index (Phi) is 3.75. The molecule has 21 heavy (non-hydrogen) atoms. The first-order valence-corrected chi connectivity index (χ1v) is 7.49. The van der Waals surface area contributed by atoms with E-state index in [1.165, 1.54) is 4.88 Å². The predicted octanol–water partition coefficient (Wildman–Crippen LogP) is 2.21. The van der Waals surface area contributed by atoms with Gasteiger partial charge in [0.05, 0.1) is 6.21 Å². The van der Waals surface area contributed by atoms with Gasteiger partial charge >= 0.3 is 0 Å². The summed E-state index contributed by atoms with van der Waals surface area (Å²) in [7, 11) is 0. The van der Waals surface area contributed by atoms with Gasteiger partial charge in [0, 0.05) is 14.6 Å². The first-order valence-electron chi connectivity index (χ1n) is 5.79. The van der Waals surface area contributed by atoms with Crippen molar-refractivity contribution in [1.82, 2.24) is 15.7 Å². The van der Waals surface area contributed by atoms with E-state index in [1.807, 2.05) is 23.6 Å². The van der Waals surface area contributed by atoms with Gasteiger partial charge in [0.15, 0.2) is 0 Å². The molecule has 9 heteroatoms. The van der Waals surface area contributed by atoms with Crippen molar-refractivity contribution in [2.24, 2.45) is 5.10 Å². The molecule has 0 radical (unpaired) electrons. The highest BCUT2D eigenvalue weighted by Crippen LogP contribution is 2.30. The summed E-state index contributed by atoms with van der Waals surface area (Å²) < 4.78 is 4.34. The number of carbonyl (C=O) groups is 1. The van der Waals surface area contributed by atoms with Crippen LogP contribution in [-0.4, -0.2) is 22.4 Å². The summed E-state index contributed by atoms with van der Waals surface area (Å²) in [5.41, 5.74) is 7.64. The van der Waals surface area contributed by atoms with Crippen molar-refractivity contribution in [2.45, 2.75) is 0 Å². The average molecular weight is 319 g/mol. The third-order valence-corrected chi connectivity index (χ3v) is 4.56. The fourth-order valence-corrected chi connectivity index (χ4v) is 3.25. The molecular formula is C12H9N5O2S2. The minimum atomic E-state index is -0.569. The van der Waals surface area contributed by atoms with Crippen LogP contribution in [0.15, 0.2) is 39.4 Å². The predicted molar refractivity (Wildman–Crippen MR) is 81.4 cm³/mol. The first kappa shape index (κ1) is 13.5. The quantitative estimate of drug-likeness (QED) is 0.566. The topological polar surface area (TPSA) is 106 Å². The van der Waals surface area contributed by atoms with E-state index in [1.54, 1.807) is 28.9 Å². The molecule has 3 rings (SSSR count). The Hall–Kier alpha value is -2.52. The fraction of sp³-hybridized carbons (Fsp3) is 0. The lowest BCUT2D eigenvalue weighted by atomic mass is 10.4.